The van der Waals surface area contributed by atoms with Crippen LogP contribution in [0.4, 0.5) is 4.39 Å². The first-order valence-corrected chi connectivity index (χ1v) is 7.18. The Hall–Kier alpha value is -2.13. The van der Waals surface area contributed by atoms with Gasteiger partial charge in [-0.05, 0) is 31.2 Å². The molecule has 1 aromatic heterocycles. The van der Waals surface area contributed by atoms with Crippen molar-refractivity contribution < 1.29 is 8.81 Å². The molecule has 0 fully saturated rings. The van der Waals surface area contributed by atoms with Gasteiger partial charge in [-0.15, -0.1) is 0 Å². The van der Waals surface area contributed by atoms with E-state index in [0.717, 1.165) is 17.4 Å². The molecule has 3 aromatic rings. The van der Waals surface area contributed by atoms with Crippen LogP contribution >= 0.6 is 0 Å². The van der Waals surface area contributed by atoms with Crippen molar-refractivity contribution in [2.75, 3.05) is 7.05 Å². The predicted octanol–water partition coefficient (Wildman–Crippen LogP) is 4.91. The van der Waals surface area contributed by atoms with Crippen molar-refractivity contribution in [3.8, 4) is 11.3 Å². The summed E-state index contributed by atoms with van der Waals surface area (Å²) in [7, 11) is 1.96. The van der Waals surface area contributed by atoms with E-state index in [-0.39, 0.29) is 5.82 Å². The number of halogens is 1. The van der Waals surface area contributed by atoms with E-state index in [1.165, 1.54) is 11.6 Å². The number of fused-ring (bicyclic) bond motifs is 1. The van der Waals surface area contributed by atoms with Crippen molar-refractivity contribution in [1.82, 2.24) is 5.32 Å². The van der Waals surface area contributed by atoms with Crippen LogP contribution < -0.4 is 5.32 Å². The molecule has 2 nitrogen and oxygen atoms in total. The van der Waals surface area contributed by atoms with Gasteiger partial charge in [-0.2, -0.15) is 0 Å². The third-order valence-electron chi connectivity index (χ3n) is 3.85. The first-order chi connectivity index (χ1) is 10.2. The highest BCUT2D eigenvalue weighted by molar-refractivity contribution is 5.83. The molecule has 0 bridgehead atoms. The van der Waals surface area contributed by atoms with Crippen molar-refractivity contribution in [2.24, 2.45) is 0 Å². The SMILES string of the molecule is CCC(NC)c1ccc(-c2cc3cccc(F)c3o2)cc1. The van der Waals surface area contributed by atoms with Gasteiger partial charge in [0.25, 0.3) is 0 Å². The quantitative estimate of drug-likeness (QED) is 0.736. The van der Waals surface area contributed by atoms with Crippen LogP contribution in [-0.2, 0) is 0 Å². The summed E-state index contributed by atoms with van der Waals surface area (Å²) in [5.74, 6) is 0.371. The van der Waals surface area contributed by atoms with Crippen LogP contribution in [0.15, 0.2) is 52.9 Å². The van der Waals surface area contributed by atoms with Gasteiger partial charge >= 0.3 is 0 Å². The maximum Gasteiger partial charge on any atom is 0.170 e. The van der Waals surface area contributed by atoms with Crippen molar-refractivity contribution in [2.45, 2.75) is 19.4 Å². The first-order valence-electron chi connectivity index (χ1n) is 7.18. The molecule has 21 heavy (non-hydrogen) atoms. The topological polar surface area (TPSA) is 25.2 Å². The molecule has 1 heterocycles. The van der Waals surface area contributed by atoms with Gasteiger partial charge in [0.2, 0.25) is 0 Å². The van der Waals surface area contributed by atoms with Crippen LogP contribution in [0.5, 0.6) is 0 Å². The number of nitrogens with one attached hydrogen (secondary N) is 1. The lowest BCUT2D eigenvalue weighted by Crippen LogP contribution is -2.14. The summed E-state index contributed by atoms with van der Waals surface area (Å²) in [6, 6.07) is 15.4. The van der Waals surface area contributed by atoms with Gasteiger partial charge in [-0.25, -0.2) is 4.39 Å². The van der Waals surface area contributed by atoms with E-state index in [4.69, 9.17) is 4.42 Å². The number of para-hydroxylation sites is 1. The minimum atomic E-state index is -0.323. The number of benzene rings is 2. The largest absolute Gasteiger partial charge is 0.453 e. The van der Waals surface area contributed by atoms with Gasteiger partial charge < -0.3 is 9.73 Å². The second kappa shape index (κ2) is 5.70. The van der Waals surface area contributed by atoms with Crippen molar-refractivity contribution in [3.63, 3.8) is 0 Å². The molecular formula is C18H18FNO. The van der Waals surface area contributed by atoms with Crippen LogP contribution in [0.2, 0.25) is 0 Å². The molecule has 0 radical (unpaired) electrons. The monoisotopic (exact) mass is 283 g/mol. The molecule has 0 saturated carbocycles. The Morgan fingerprint density at radius 2 is 1.90 bits per heavy atom. The zero-order chi connectivity index (χ0) is 14.8. The molecule has 3 heteroatoms. The lowest BCUT2D eigenvalue weighted by Gasteiger charge is -2.14. The zero-order valence-electron chi connectivity index (χ0n) is 12.2. The molecule has 0 spiro atoms. The van der Waals surface area contributed by atoms with E-state index in [9.17, 15) is 4.39 Å². The van der Waals surface area contributed by atoms with E-state index < -0.39 is 0 Å². The van der Waals surface area contributed by atoms with Crippen molar-refractivity contribution in [3.05, 3.63) is 59.9 Å². The molecule has 3 rings (SSSR count). The molecule has 2 aromatic carbocycles. The van der Waals surface area contributed by atoms with Crippen LogP contribution in [0.3, 0.4) is 0 Å². The fourth-order valence-corrected chi connectivity index (χ4v) is 2.66. The fourth-order valence-electron chi connectivity index (χ4n) is 2.66. The average Bonchev–Trinajstić information content (AvgIpc) is 2.95. The highest BCUT2D eigenvalue weighted by Gasteiger charge is 2.11. The fraction of sp³-hybridized carbons (Fsp3) is 0.222. The summed E-state index contributed by atoms with van der Waals surface area (Å²) >= 11 is 0. The minimum Gasteiger partial charge on any atom is -0.453 e. The summed E-state index contributed by atoms with van der Waals surface area (Å²) in [5, 5.41) is 4.07. The van der Waals surface area contributed by atoms with Crippen molar-refractivity contribution in [1.29, 1.82) is 0 Å². The van der Waals surface area contributed by atoms with Gasteiger partial charge in [-0.3, -0.25) is 0 Å². The Labute approximate surface area is 123 Å². The normalized spacial score (nSPS) is 12.7. The molecular weight excluding hydrogens is 265 g/mol. The Kier molecular flexibility index (Phi) is 3.76. The average molecular weight is 283 g/mol. The van der Waals surface area contributed by atoms with Gasteiger partial charge in [0, 0.05) is 17.0 Å². The first kappa shape index (κ1) is 13.8. The predicted molar refractivity (Wildman–Crippen MR) is 83.7 cm³/mol. The number of hydrogen-bond acceptors (Lipinski definition) is 2. The Bertz CT molecular complexity index is 742. The molecule has 0 aliphatic heterocycles. The summed E-state index contributed by atoms with van der Waals surface area (Å²) in [5.41, 5.74) is 2.52. The maximum absolute atomic E-state index is 13.7. The third kappa shape index (κ3) is 2.57. The van der Waals surface area contributed by atoms with Crippen LogP contribution in [0, 0.1) is 5.82 Å². The van der Waals surface area contributed by atoms with E-state index >= 15 is 0 Å². The van der Waals surface area contributed by atoms with Crippen molar-refractivity contribution >= 4 is 11.0 Å². The maximum atomic E-state index is 13.7. The van der Waals surface area contributed by atoms with Gasteiger partial charge in [0.05, 0.1) is 0 Å². The van der Waals surface area contributed by atoms with Crippen LogP contribution in [0.1, 0.15) is 24.9 Å². The Balaban J connectivity index is 1.97. The number of hydrogen-bond donors (Lipinski definition) is 1. The summed E-state index contributed by atoms with van der Waals surface area (Å²) in [6.45, 7) is 2.15. The second-order valence-electron chi connectivity index (χ2n) is 5.14. The summed E-state index contributed by atoms with van der Waals surface area (Å²) in [4.78, 5) is 0. The molecule has 0 saturated heterocycles. The Morgan fingerprint density at radius 3 is 2.52 bits per heavy atom. The van der Waals surface area contributed by atoms with Crippen LogP contribution in [0.25, 0.3) is 22.3 Å². The lowest BCUT2D eigenvalue weighted by molar-refractivity contribution is 0.568. The third-order valence-corrected chi connectivity index (χ3v) is 3.85. The molecule has 1 N–H and O–H groups in total. The van der Waals surface area contributed by atoms with Gasteiger partial charge in [0.15, 0.2) is 11.4 Å². The zero-order valence-corrected chi connectivity index (χ0v) is 12.2. The van der Waals surface area contributed by atoms with E-state index in [0.29, 0.717) is 17.4 Å². The summed E-state index contributed by atoms with van der Waals surface area (Å²) in [6.07, 6.45) is 1.03. The molecule has 108 valence electrons. The number of furan rings is 1. The molecule has 0 amide bonds. The van der Waals surface area contributed by atoms with E-state index in [1.54, 1.807) is 6.07 Å². The molecule has 0 aliphatic carbocycles. The number of rotatable bonds is 4. The minimum absolute atomic E-state index is 0.318. The smallest absolute Gasteiger partial charge is 0.170 e. The molecule has 1 unspecified atom stereocenters. The molecule has 1 atom stereocenters. The second-order valence-corrected chi connectivity index (χ2v) is 5.14. The Morgan fingerprint density at radius 1 is 1.14 bits per heavy atom. The van der Waals surface area contributed by atoms with Gasteiger partial charge in [-0.1, -0.05) is 43.3 Å². The van der Waals surface area contributed by atoms with Gasteiger partial charge in [0.1, 0.15) is 5.76 Å². The van der Waals surface area contributed by atoms with E-state index in [2.05, 4.69) is 24.4 Å². The van der Waals surface area contributed by atoms with Crippen LogP contribution in [-0.4, -0.2) is 7.05 Å². The standard InChI is InChI=1S/C18H18FNO/c1-3-16(20-2)12-7-9-13(10-8-12)17-11-14-5-4-6-15(19)18(14)21-17/h4-11,16,20H,3H2,1-2H3. The lowest BCUT2D eigenvalue weighted by atomic mass is 10.0. The van der Waals surface area contributed by atoms with E-state index in [1.807, 2.05) is 31.3 Å². The molecule has 0 aliphatic rings. The summed E-state index contributed by atoms with van der Waals surface area (Å²) < 4.78 is 19.3. The highest BCUT2D eigenvalue weighted by Crippen LogP contribution is 2.30. The highest BCUT2D eigenvalue weighted by atomic mass is 19.1.